The summed E-state index contributed by atoms with van der Waals surface area (Å²) >= 11 is 0. The van der Waals surface area contributed by atoms with Gasteiger partial charge in [0.15, 0.2) is 0 Å². The maximum Gasteiger partial charge on any atom is 0.262 e. The van der Waals surface area contributed by atoms with E-state index >= 15 is 0 Å². The Bertz CT molecular complexity index is 1050. The highest BCUT2D eigenvalue weighted by atomic mass is 32.2. The van der Waals surface area contributed by atoms with Crippen molar-refractivity contribution in [1.29, 1.82) is 0 Å². The predicted octanol–water partition coefficient (Wildman–Crippen LogP) is 4.26. The van der Waals surface area contributed by atoms with Crippen molar-refractivity contribution in [3.8, 4) is 0 Å². The number of benzene rings is 2. The fourth-order valence-electron chi connectivity index (χ4n) is 3.96. The Hall–Kier alpha value is -2.34. The lowest BCUT2D eigenvalue weighted by molar-refractivity contribution is -0.135. The number of hydrogen-bond donors (Lipinski definition) is 1. The number of carbonyl (C=O) groups excluding carboxylic acids is 1. The van der Waals surface area contributed by atoms with Crippen molar-refractivity contribution in [1.82, 2.24) is 4.90 Å². The minimum Gasteiger partial charge on any atom is -0.338 e. The van der Waals surface area contributed by atoms with Crippen LogP contribution in [0, 0.1) is 33.6 Å². The van der Waals surface area contributed by atoms with E-state index < -0.39 is 10.0 Å². The van der Waals surface area contributed by atoms with E-state index in [9.17, 15) is 13.2 Å². The van der Waals surface area contributed by atoms with Gasteiger partial charge in [-0.05, 0) is 79.6 Å². The van der Waals surface area contributed by atoms with Gasteiger partial charge in [-0.3, -0.25) is 9.52 Å². The molecule has 1 aliphatic rings. The number of carbonyl (C=O) groups is 1. The summed E-state index contributed by atoms with van der Waals surface area (Å²) < 4.78 is 29.2. The molecule has 0 bridgehead atoms. The summed E-state index contributed by atoms with van der Waals surface area (Å²) in [5.41, 5.74) is 6.16. The normalized spacial score (nSPS) is 14.1. The molecule has 1 aliphatic heterocycles. The largest absolute Gasteiger partial charge is 0.338 e. The molecule has 2 aromatic rings. The molecule has 0 radical (unpaired) electrons. The van der Waals surface area contributed by atoms with E-state index in [0.717, 1.165) is 34.2 Å². The molecule has 0 spiro atoms. The molecule has 3 rings (SSSR count). The first-order valence-corrected chi connectivity index (χ1v) is 11.5. The number of hydrogen-bond acceptors (Lipinski definition) is 3. The predicted molar refractivity (Wildman–Crippen MR) is 117 cm³/mol. The van der Waals surface area contributed by atoms with Crippen LogP contribution in [-0.4, -0.2) is 25.8 Å². The first kappa shape index (κ1) is 21.4. The van der Waals surface area contributed by atoms with Crippen LogP contribution in [0.3, 0.4) is 0 Å². The van der Waals surface area contributed by atoms with Gasteiger partial charge < -0.3 is 4.90 Å². The van der Waals surface area contributed by atoms with Crippen LogP contribution < -0.4 is 4.72 Å². The lowest BCUT2D eigenvalue weighted by atomic mass is 9.98. The van der Waals surface area contributed by atoms with Crippen LogP contribution in [0.1, 0.15) is 47.2 Å². The molecule has 5 nitrogen and oxygen atoms in total. The van der Waals surface area contributed by atoms with Gasteiger partial charge >= 0.3 is 0 Å². The quantitative estimate of drug-likeness (QED) is 0.813. The fraction of sp³-hybridized carbons (Fsp3) is 0.435. The molecule has 0 aliphatic carbocycles. The van der Waals surface area contributed by atoms with Gasteiger partial charge in [0.05, 0.1) is 4.90 Å². The van der Waals surface area contributed by atoms with Gasteiger partial charge in [-0.25, -0.2) is 8.42 Å². The number of aryl methyl sites for hydroxylation is 2. The third kappa shape index (κ3) is 4.17. The van der Waals surface area contributed by atoms with Crippen LogP contribution in [0.2, 0.25) is 0 Å². The van der Waals surface area contributed by atoms with Gasteiger partial charge in [0.25, 0.3) is 10.0 Å². The highest BCUT2D eigenvalue weighted by Gasteiger charge is 2.25. The number of sulfonamides is 1. The summed E-state index contributed by atoms with van der Waals surface area (Å²) in [6.07, 6.45) is 0.788. The summed E-state index contributed by atoms with van der Waals surface area (Å²) in [5.74, 6) is 0.0804. The van der Waals surface area contributed by atoms with Crippen molar-refractivity contribution in [2.45, 2.75) is 59.4 Å². The van der Waals surface area contributed by atoms with Gasteiger partial charge in [-0.15, -0.1) is 0 Å². The molecule has 156 valence electrons. The molecule has 1 heterocycles. The van der Waals surface area contributed by atoms with Gasteiger partial charge in [0.2, 0.25) is 5.91 Å². The van der Waals surface area contributed by atoms with Gasteiger partial charge in [-0.1, -0.05) is 26.0 Å². The molecule has 0 fully saturated rings. The molecule has 0 saturated heterocycles. The van der Waals surface area contributed by atoms with Gasteiger partial charge in [0.1, 0.15) is 0 Å². The minimum absolute atomic E-state index is 0.0475. The van der Waals surface area contributed by atoms with E-state index in [-0.39, 0.29) is 11.8 Å². The number of rotatable bonds is 4. The number of amides is 1. The number of nitrogens with zero attached hydrogens (tertiary/aromatic N) is 1. The van der Waals surface area contributed by atoms with Gasteiger partial charge in [-0.2, -0.15) is 0 Å². The van der Waals surface area contributed by atoms with Crippen molar-refractivity contribution < 1.29 is 13.2 Å². The second kappa shape index (κ2) is 7.82. The zero-order chi connectivity index (χ0) is 21.5. The van der Waals surface area contributed by atoms with Crippen LogP contribution in [-0.2, 0) is 27.8 Å². The summed E-state index contributed by atoms with van der Waals surface area (Å²) in [6, 6.07) is 7.65. The molecule has 0 atom stereocenters. The molecular formula is C23H30N2O3S. The summed E-state index contributed by atoms with van der Waals surface area (Å²) in [5, 5.41) is 0. The van der Waals surface area contributed by atoms with E-state index in [4.69, 9.17) is 0 Å². The summed E-state index contributed by atoms with van der Waals surface area (Å²) in [4.78, 5) is 14.6. The van der Waals surface area contributed by atoms with Crippen molar-refractivity contribution >= 4 is 21.6 Å². The standard InChI is InChI=1S/C23H30N2O3S/c1-14(2)23(26)25-10-9-19-7-8-21(12-20(19)13-25)24-29(27,28)22-17(5)15(3)11-16(4)18(22)6/h7-8,11-12,14,24H,9-10,13H2,1-6H3. The molecule has 0 saturated carbocycles. The molecule has 2 aromatic carbocycles. The monoisotopic (exact) mass is 414 g/mol. The lowest BCUT2D eigenvalue weighted by Gasteiger charge is -2.30. The Morgan fingerprint density at radius 1 is 1.00 bits per heavy atom. The van der Waals surface area contributed by atoms with E-state index in [1.165, 1.54) is 5.56 Å². The van der Waals surface area contributed by atoms with Crippen LogP contribution >= 0.6 is 0 Å². The fourth-order valence-corrected chi connectivity index (χ4v) is 5.63. The zero-order valence-electron chi connectivity index (χ0n) is 18.1. The van der Waals surface area contributed by atoms with Crippen molar-refractivity contribution in [3.63, 3.8) is 0 Å². The Kier molecular flexibility index (Phi) is 5.77. The summed E-state index contributed by atoms with van der Waals surface area (Å²) in [7, 11) is -3.72. The highest BCUT2D eigenvalue weighted by Crippen LogP contribution is 2.29. The van der Waals surface area contributed by atoms with E-state index in [0.29, 0.717) is 23.7 Å². The second-order valence-electron chi connectivity index (χ2n) is 8.34. The first-order valence-electron chi connectivity index (χ1n) is 10.0. The minimum atomic E-state index is -3.72. The molecule has 6 heteroatoms. The SMILES string of the molecule is Cc1cc(C)c(C)c(S(=O)(=O)Nc2ccc3c(c2)CN(C(=O)C(C)C)CC3)c1C. The molecular weight excluding hydrogens is 384 g/mol. The average molecular weight is 415 g/mol. The third-order valence-corrected chi connectivity index (χ3v) is 7.50. The Balaban J connectivity index is 1.93. The van der Waals surface area contributed by atoms with Gasteiger partial charge in [0, 0.05) is 24.7 Å². The molecule has 1 N–H and O–H groups in total. The van der Waals surface area contributed by atoms with Crippen LogP contribution in [0.4, 0.5) is 5.69 Å². The zero-order valence-corrected chi connectivity index (χ0v) is 18.9. The third-order valence-electron chi connectivity index (χ3n) is 5.84. The molecule has 1 amide bonds. The maximum atomic E-state index is 13.2. The molecule has 0 aromatic heterocycles. The number of nitrogens with one attached hydrogen (secondary N) is 1. The lowest BCUT2D eigenvalue weighted by Crippen LogP contribution is -2.38. The Labute approximate surface area is 174 Å². The van der Waals surface area contributed by atoms with Crippen LogP contribution in [0.15, 0.2) is 29.2 Å². The highest BCUT2D eigenvalue weighted by molar-refractivity contribution is 7.92. The number of anilines is 1. The van der Waals surface area contributed by atoms with Crippen LogP contribution in [0.5, 0.6) is 0 Å². The van der Waals surface area contributed by atoms with Crippen LogP contribution in [0.25, 0.3) is 0 Å². The van der Waals surface area contributed by atoms with E-state index in [1.54, 1.807) is 0 Å². The topological polar surface area (TPSA) is 66.5 Å². The maximum absolute atomic E-state index is 13.2. The molecule has 0 unspecified atom stereocenters. The molecule has 29 heavy (non-hydrogen) atoms. The Morgan fingerprint density at radius 3 is 2.21 bits per heavy atom. The average Bonchev–Trinajstić information content (AvgIpc) is 2.64. The smallest absolute Gasteiger partial charge is 0.262 e. The summed E-state index contributed by atoms with van der Waals surface area (Å²) in [6.45, 7) is 12.6. The number of fused-ring (bicyclic) bond motifs is 1. The van der Waals surface area contributed by atoms with E-state index in [1.807, 2.05) is 70.7 Å². The van der Waals surface area contributed by atoms with Crippen molar-refractivity contribution in [2.24, 2.45) is 5.92 Å². The Morgan fingerprint density at radius 2 is 1.62 bits per heavy atom. The van der Waals surface area contributed by atoms with Crippen molar-refractivity contribution in [2.75, 3.05) is 11.3 Å². The second-order valence-corrected chi connectivity index (χ2v) is 9.96. The van der Waals surface area contributed by atoms with E-state index in [2.05, 4.69) is 4.72 Å². The van der Waals surface area contributed by atoms with Crippen molar-refractivity contribution in [3.05, 3.63) is 57.6 Å². The first-order chi connectivity index (χ1) is 13.5.